The lowest BCUT2D eigenvalue weighted by molar-refractivity contribution is 0.251. The average molecular weight is 332 g/mol. The minimum atomic E-state index is -2.87. The van der Waals surface area contributed by atoms with Crippen molar-refractivity contribution in [3.8, 4) is 0 Å². The van der Waals surface area contributed by atoms with Crippen LogP contribution < -0.4 is 5.32 Å². The lowest BCUT2D eigenvalue weighted by atomic mass is 10.2. The van der Waals surface area contributed by atoms with Gasteiger partial charge in [0.05, 0.1) is 22.2 Å². The summed E-state index contributed by atoms with van der Waals surface area (Å²) >= 11 is 6.20. The molecule has 0 aromatic carbocycles. The monoisotopic (exact) mass is 331 g/mol. The Labute approximate surface area is 131 Å². The Hall–Kier alpha value is -0.850. The summed E-state index contributed by atoms with van der Waals surface area (Å²) in [4.78, 5) is 6.55. The Balaban J connectivity index is 2.04. The van der Waals surface area contributed by atoms with Crippen molar-refractivity contribution < 1.29 is 8.42 Å². The molecule has 0 aliphatic carbocycles. The summed E-state index contributed by atoms with van der Waals surface area (Å²) < 4.78 is 23.1. The predicted molar refractivity (Wildman–Crippen MR) is 86.6 cm³/mol. The van der Waals surface area contributed by atoms with E-state index < -0.39 is 9.84 Å². The van der Waals surface area contributed by atoms with Gasteiger partial charge in [-0.15, -0.1) is 0 Å². The van der Waals surface area contributed by atoms with E-state index in [4.69, 9.17) is 11.6 Å². The highest BCUT2D eigenvalue weighted by Gasteiger charge is 2.30. The number of rotatable bonds is 6. The molecule has 5 nitrogen and oxygen atoms in total. The van der Waals surface area contributed by atoms with Crippen molar-refractivity contribution in [1.82, 2.24) is 9.88 Å². The molecule has 118 valence electrons. The van der Waals surface area contributed by atoms with Crippen molar-refractivity contribution in [2.24, 2.45) is 0 Å². The zero-order valence-electron chi connectivity index (χ0n) is 12.5. The van der Waals surface area contributed by atoms with E-state index in [0.29, 0.717) is 18.0 Å². The predicted octanol–water partition coefficient (Wildman–Crippen LogP) is 2.18. The molecule has 0 spiro atoms. The maximum Gasteiger partial charge on any atom is 0.151 e. The molecular formula is C14H22ClN3O2S. The van der Waals surface area contributed by atoms with Gasteiger partial charge >= 0.3 is 0 Å². The molecule has 0 amide bonds. The van der Waals surface area contributed by atoms with Gasteiger partial charge in [0.2, 0.25) is 0 Å². The van der Waals surface area contributed by atoms with E-state index in [0.717, 1.165) is 24.5 Å². The summed E-state index contributed by atoms with van der Waals surface area (Å²) in [5.74, 6) is 1.32. The molecule has 1 aromatic rings. The fourth-order valence-electron chi connectivity index (χ4n) is 2.44. The second-order valence-electron chi connectivity index (χ2n) is 5.52. The maximum absolute atomic E-state index is 11.6. The average Bonchev–Trinajstić information content (AvgIpc) is 2.80. The Morgan fingerprint density at radius 3 is 2.86 bits per heavy atom. The van der Waals surface area contributed by atoms with Crippen molar-refractivity contribution >= 4 is 27.3 Å². The number of halogens is 1. The molecule has 1 aromatic heterocycles. The smallest absolute Gasteiger partial charge is 0.151 e. The summed E-state index contributed by atoms with van der Waals surface area (Å²) in [6.45, 7) is 3.52. The zero-order chi connectivity index (χ0) is 15.5. The van der Waals surface area contributed by atoms with Gasteiger partial charge in [0.1, 0.15) is 5.82 Å². The summed E-state index contributed by atoms with van der Waals surface area (Å²) in [5.41, 5.74) is 0.782. The van der Waals surface area contributed by atoms with E-state index in [1.54, 1.807) is 0 Å². The molecule has 7 heteroatoms. The van der Waals surface area contributed by atoms with Crippen LogP contribution in [0, 0.1) is 0 Å². The van der Waals surface area contributed by atoms with Gasteiger partial charge in [0.25, 0.3) is 0 Å². The first-order valence-corrected chi connectivity index (χ1v) is 9.41. The van der Waals surface area contributed by atoms with Crippen LogP contribution in [0.1, 0.15) is 25.5 Å². The molecule has 0 radical (unpaired) electrons. The molecule has 1 fully saturated rings. The van der Waals surface area contributed by atoms with E-state index in [2.05, 4.69) is 17.2 Å². The Morgan fingerprint density at radius 2 is 2.24 bits per heavy atom. The van der Waals surface area contributed by atoms with Crippen LogP contribution in [0.25, 0.3) is 0 Å². The van der Waals surface area contributed by atoms with Crippen molar-refractivity contribution in [3.63, 3.8) is 0 Å². The van der Waals surface area contributed by atoms with Crippen LogP contribution in [-0.4, -0.2) is 49.4 Å². The van der Waals surface area contributed by atoms with Crippen LogP contribution in [0.15, 0.2) is 12.1 Å². The first kappa shape index (κ1) is 16.5. The van der Waals surface area contributed by atoms with Gasteiger partial charge in [-0.25, -0.2) is 13.4 Å². The highest BCUT2D eigenvalue weighted by atomic mass is 35.5. The molecule has 21 heavy (non-hydrogen) atoms. The molecule has 1 N–H and O–H groups in total. The van der Waals surface area contributed by atoms with Gasteiger partial charge in [-0.1, -0.05) is 18.5 Å². The Kier molecular flexibility index (Phi) is 5.46. The van der Waals surface area contributed by atoms with Crippen LogP contribution in [-0.2, 0) is 16.4 Å². The molecule has 0 bridgehead atoms. The summed E-state index contributed by atoms with van der Waals surface area (Å²) in [6.07, 6.45) is 1.71. The number of hydrogen-bond donors (Lipinski definition) is 1. The standard InChI is InChI=1S/C14H22ClN3O2S/c1-3-7-16-14-5-4-12(15)13(17-14)9-18(2)11-6-8-21(19,20)10-11/h4-5,11H,3,6-10H2,1-2H3,(H,16,17). The second-order valence-corrected chi connectivity index (χ2v) is 8.16. The number of nitrogens with one attached hydrogen (secondary N) is 1. The van der Waals surface area contributed by atoms with E-state index in [9.17, 15) is 8.42 Å². The normalized spacial score (nSPS) is 20.9. The van der Waals surface area contributed by atoms with Gasteiger partial charge in [-0.3, -0.25) is 4.90 Å². The highest BCUT2D eigenvalue weighted by molar-refractivity contribution is 7.91. The third-order valence-electron chi connectivity index (χ3n) is 3.71. The van der Waals surface area contributed by atoms with Gasteiger partial charge in [-0.2, -0.15) is 0 Å². The fraction of sp³-hybridized carbons (Fsp3) is 0.643. The van der Waals surface area contributed by atoms with Gasteiger partial charge in [-0.05, 0) is 32.0 Å². The van der Waals surface area contributed by atoms with Crippen molar-refractivity contribution in [2.75, 3.05) is 30.4 Å². The van der Waals surface area contributed by atoms with Crippen LogP contribution in [0.4, 0.5) is 5.82 Å². The maximum atomic E-state index is 11.6. The van der Waals surface area contributed by atoms with Crippen molar-refractivity contribution in [3.05, 3.63) is 22.8 Å². The summed E-state index contributed by atoms with van der Waals surface area (Å²) in [7, 11) is -0.944. The SMILES string of the molecule is CCCNc1ccc(Cl)c(CN(C)C2CCS(=O)(=O)C2)n1. The molecule has 1 aliphatic rings. The van der Waals surface area contributed by atoms with Crippen molar-refractivity contribution in [1.29, 1.82) is 0 Å². The van der Waals surface area contributed by atoms with Crippen LogP contribution in [0.2, 0.25) is 5.02 Å². The minimum Gasteiger partial charge on any atom is -0.370 e. The lowest BCUT2D eigenvalue weighted by Gasteiger charge is -2.23. The first-order chi connectivity index (χ1) is 9.91. The topological polar surface area (TPSA) is 62.3 Å². The number of sulfone groups is 1. The summed E-state index contributed by atoms with van der Waals surface area (Å²) in [5, 5.41) is 3.85. The molecule has 0 saturated carbocycles. The van der Waals surface area contributed by atoms with Gasteiger partial charge in [0, 0.05) is 19.1 Å². The fourth-order valence-corrected chi connectivity index (χ4v) is 4.41. The molecule has 1 saturated heterocycles. The van der Waals surface area contributed by atoms with E-state index in [-0.39, 0.29) is 17.5 Å². The van der Waals surface area contributed by atoms with E-state index in [1.807, 2.05) is 24.1 Å². The Bertz CT molecular complexity index is 592. The first-order valence-electron chi connectivity index (χ1n) is 7.21. The number of anilines is 1. The van der Waals surface area contributed by atoms with Crippen LogP contribution in [0.5, 0.6) is 0 Å². The molecule has 2 heterocycles. The minimum absolute atomic E-state index is 0.0557. The lowest BCUT2D eigenvalue weighted by Crippen LogP contribution is -2.32. The number of pyridine rings is 1. The second kappa shape index (κ2) is 6.94. The largest absolute Gasteiger partial charge is 0.370 e. The molecule has 1 unspecified atom stereocenters. The number of nitrogens with zero attached hydrogens (tertiary/aromatic N) is 2. The van der Waals surface area contributed by atoms with Crippen LogP contribution >= 0.6 is 11.6 Å². The number of hydrogen-bond acceptors (Lipinski definition) is 5. The zero-order valence-corrected chi connectivity index (χ0v) is 14.0. The molecule has 1 atom stereocenters. The summed E-state index contributed by atoms with van der Waals surface area (Å²) in [6, 6.07) is 3.75. The van der Waals surface area contributed by atoms with E-state index >= 15 is 0 Å². The third kappa shape index (κ3) is 4.56. The molecule has 2 rings (SSSR count). The quantitative estimate of drug-likeness (QED) is 0.865. The van der Waals surface area contributed by atoms with E-state index in [1.165, 1.54) is 0 Å². The molecular weight excluding hydrogens is 310 g/mol. The Morgan fingerprint density at radius 1 is 1.48 bits per heavy atom. The van der Waals surface area contributed by atoms with Gasteiger partial charge < -0.3 is 5.32 Å². The molecule has 1 aliphatic heterocycles. The van der Waals surface area contributed by atoms with Crippen molar-refractivity contribution in [2.45, 2.75) is 32.4 Å². The highest BCUT2D eigenvalue weighted by Crippen LogP contribution is 2.22. The third-order valence-corrected chi connectivity index (χ3v) is 5.80. The van der Waals surface area contributed by atoms with Crippen LogP contribution in [0.3, 0.4) is 0 Å². The number of aromatic nitrogens is 1. The van der Waals surface area contributed by atoms with Gasteiger partial charge in [0.15, 0.2) is 9.84 Å².